The summed E-state index contributed by atoms with van der Waals surface area (Å²) in [6.45, 7) is 3.09. The SMILES string of the molecule is CCCCNC(c1ccccc1)C(O)c1ccccc1. The van der Waals surface area contributed by atoms with Gasteiger partial charge in [-0.1, -0.05) is 74.0 Å². The molecule has 2 heteroatoms. The average molecular weight is 269 g/mol. The Morgan fingerprint density at radius 3 is 2.00 bits per heavy atom. The Morgan fingerprint density at radius 1 is 0.900 bits per heavy atom. The van der Waals surface area contributed by atoms with Gasteiger partial charge in [-0.3, -0.25) is 0 Å². The van der Waals surface area contributed by atoms with Crippen molar-refractivity contribution in [1.29, 1.82) is 0 Å². The Kier molecular flexibility index (Phi) is 5.78. The summed E-state index contributed by atoms with van der Waals surface area (Å²) < 4.78 is 0. The van der Waals surface area contributed by atoms with Crippen LogP contribution in [0.5, 0.6) is 0 Å². The molecule has 2 aromatic carbocycles. The Hall–Kier alpha value is -1.64. The van der Waals surface area contributed by atoms with E-state index in [1.807, 2.05) is 48.5 Å². The van der Waals surface area contributed by atoms with E-state index in [2.05, 4.69) is 24.4 Å². The molecule has 0 aromatic heterocycles. The van der Waals surface area contributed by atoms with Crippen molar-refractivity contribution in [2.45, 2.75) is 31.9 Å². The van der Waals surface area contributed by atoms with Crippen LogP contribution >= 0.6 is 0 Å². The second kappa shape index (κ2) is 7.83. The largest absolute Gasteiger partial charge is 0.386 e. The van der Waals surface area contributed by atoms with Crippen molar-refractivity contribution in [3.63, 3.8) is 0 Å². The fourth-order valence-corrected chi connectivity index (χ4v) is 2.35. The molecule has 0 aliphatic carbocycles. The van der Waals surface area contributed by atoms with Gasteiger partial charge in [0.25, 0.3) is 0 Å². The fourth-order valence-electron chi connectivity index (χ4n) is 2.35. The molecule has 2 aromatic rings. The summed E-state index contributed by atoms with van der Waals surface area (Å²) in [6.07, 6.45) is 1.73. The third-order valence-corrected chi connectivity index (χ3v) is 3.51. The molecule has 2 N–H and O–H groups in total. The number of aliphatic hydroxyl groups is 1. The highest BCUT2D eigenvalue weighted by Gasteiger charge is 2.21. The lowest BCUT2D eigenvalue weighted by Crippen LogP contribution is -2.28. The summed E-state index contributed by atoms with van der Waals surface area (Å²) in [5.41, 5.74) is 2.07. The molecule has 2 unspecified atom stereocenters. The van der Waals surface area contributed by atoms with Gasteiger partial charge in [-0.2, -0.15) is 0 Å². The van der Waals surface area contributed by atoms with Crippen molar-refractivity contribution < 1.29 is 5.11 Å². The second-order valence-electron chi connectivity index (χ2n) is 5.05. The van der Waals surface area contributed by atoms with Gasteiger partial charge >= 0.3 is 0 Å². The van der Waals surface area contributed by atoms with E-state index in [0.29, 0.717) is 0 Å². The molecule has 0 radical (unpaired) electrons. The van der Waals surface area contributed by atoms with Gasteiger partial charge in [0.1, 0.15) is 0 Å². The molecular formula is C18H23NO. The van der Waals surface area contributed by atoms with Crippen LogP contribution in [0.4, 0.5) is 0 Å². The van der Waals surface area contributed by atoms with Gasteiger partial charge in [0.05, 0.1) is 12.1 Å². The smallest absolute Gasteiger partial charge is 0.0984 e. The fraction of sp³-hybridized carbons (Fsp3) is 0.333. The van der Waals surface area contributed by atoms with E-state index in [1.165, 1.54) is 0 Å². The van der Waals surface area contributed by atoms with Crippen molar-refractivity contribution in [3.05, 3.63) is 71.8 Å². The van der Waals surface area contributed by atoms with Gasteiger partial charge in [-0.15, -0.1) is 0 Å². The van der Waals surface area contributed by atoms with E-state index < -0.39 is 6.10 Å². The maximum atomic E-state index is 10.7. The number of benzene rings is 2. The minimum absolute atomic E-state index is 0.0647. The molecule has 0 spiro atoms. The third-order valence-electron chi connectivity index (χ3n) is 3.51. The minimum Gasteiger partial charge on any atom is -0.386 e. The lowest BCUT2D eigenvalue weighted by atomic mass is 9.95. The van der Waals surface area contributed by atoms with Crippen molar-refractivity contribution >= 4 is 0 Å². The highest BCUT2D eigenvalue weighted by Crippen LogP contribution is 2.28. The van der Waals surface area contributed by atoms with Crippen molar-refractivity contribution in [2.24, 2.45) is 0 Å². The van der Waals surface area contributed by atoms with Crippen LogP contribution in [-0.4, -0.2) is 11.7 Å². The first-order valence-corrected chi connectivity index (χ1v) is 7.34. The van der Waals surface area contributed by atoms with E-state index in [9.17, 15) is 5.11 Å². The molecule has 0 aliphatic rings. The predicted octanol–water partition coefficient (Wildman–Crippen LogP) is 3.85. The first-order valence-electron chi connectivity index (χ1n) is 7.34. The molecule has 2 atom stereocenters. The molecule has 106 valence electrons. The monoisotopic (exact) mass is 269 g/mol. The number of nitrogens with one attached hydrogen (secondary N) is 1. The molecule has 0 heterocycles. The van der Waals surface area contributed by atoms with Crippen LogP contribution in [0.15, 0.2) is 60.7 Å². The summed E-state index contributed by atoms with van der Waals surface area (Å²) >= 11 is 0. The molecule has 20 heavy (non-hydrogen) atoms. The van der Waals surface area contributed by atoms with E-state index >= 15 is 0 Å². The predicted molar refractivity (Wildman–Crippen MR) is 83.5 cm³/mol. The van der Waals surface area contributed by atoms with Crippen molar-refractivity contribution in [3.8, 4) is 0 Å². The second-order valence-corrected chi connectivity index (χ2v) is 5.05. The van der Waals surface area contributed by atoms with Crippen LogP contribution in [0.2, 0.25) is 0 Å². The Morgan fingerprint density at radius 2 is 1.45 bits per heavy atom. The van der Waals surface area contributed by atoms with E-state index in [1.54, 1.807) is 0 Å². The molecular weight excluding hydrogens is 246 g/mol. The van der Waals surface area contributed by atoms with E-state index in [0.717, 1.165) is 30.5 Å². The molecule has 0 amide bonds. The Balaban J connectivity index is 2.17. The normalized spacial score (nSPS) is 13.9. The number of aliphatic hydroxyl groups excluding tert-OH is 1. The van der Waals surface area contributed by atoms with Crippen molar-refractivity contribution in [2.75, 3.05) is 6.54 Å². The zero-order valence-corrected chi connectivity index (χ0v) is 12.0. The van der Waals surface area contributed by atoms with Crippen LogP contribution in [0.1, 0.15) is 43.0 Å². The number of hydrogen-bond donors (Lipinski definition) is 2. The van der Waals surface area contributed by atoms with Gasteiger partial charge in [-0.25, -0.2) is 0 Å². The zero-order chi connectivity index (χ0) is 14.2. The van der Waals surface area contributed by atoms with Gasteiger partial charge in [0, 0.05) is 0 Å². The van der Waals surface area contributed by atoms with Gasteiger partial charge in [0.2, 0.25) is 0 Å². The number of rotatable bonds is 7. The van der Waals surface area contributed by atoms with E-state index in [4.69, 9.17) is 0 Å². The Labute approximate surface area is 121 Å². The molecule has 2 rings (SSSR count). The summed E-state index contributed by atoms with van der Waals surface area (Å²) in [7, 11) is 0. The quantitative estimate of drug-likeness (QED) is 0.748. The summed E-state index contributed by atoms with van der Waals surface area (Å²) in [4.78, 5) is 0. The number of unbranched alkanes of at least 4 members (excludes halogenated alkanes) is 1. The van der Waals surface area contributed by atoms with Crippen molar-refractivity contribution in [1.82, 2.24) is 5.32 Å². The standard InChI is InChI=1S/C18H23NO/c1-2-3-14-19-17(15-10-6-4-7-11-15)18(20)16-12-8-5-9-13-16/h4-13,17-20H,2-3,14H2,1H3. The maximum Gasteiger partial charge on any atom is 0.0984 e. The molecule has 0 saturated carbocycles. The lowest BCUT2D eigenvalue weighted by Gasteiger charge is -2.25. The third kappa shape index (κ3) is 3.92. The highest BCUT2D eigenvalue weighted by atomic mass is 16.3. The molecule has 0 aliphatic heterocycles. The lowest BCUT2D eigenvalue weighted by molar-refractivity contribution is 0.128. The van der Waals surface area contributed by atoms with Crippen LogP contribution in [0, 0.1) is 0 Å². The summed E-state index contributed by atoms with van der Waals surface area (Å²) in [5, 5.41) is 14.2. The molecule has 0 saturated heterocycles. The average Bonchev–Trinajstić information content (AvgIpc) is 2.53. The topological polar surface area (TPSA) is 32.3 Å². The van der Waals surface area contributed by atoms with Crippen LogP contribution in [-0.2, 0) is 0 Å². The van der Waals surface area contributed by atoms with Crippen LogP contribution < -0.4 is 5.32 Å². The zero-order valence-electron chi connectivity index (χ0n) is 12.0. The minimum atomic E-state index is -0.532. The van der Waals surface area contributed by atoms with Gasteiger partial charge in [-0.05, 0) is 24.1 Å². The maximum absolute atomic E-state index is 10.7. The molecule has 2 nitrogen and oxygen atoms in total. The van der Waals surface area contributed by atoms with Crippen LogP contribution in [0.25, 0.3) is 0 Å². The summed E-state index contributed by atoms with van der Waals surface area (Å²) in [5.74, 6) is 0. The van der Waals surface area contributed by atoms with Crippen LogP contribution in [0.3, 0.4) is 0 Å². The molecule has 0 bridgehead atoms. The highest BCUT2D eigenvalue weighted by molar-refractivity contribution is 5.26. The number of hydrogen-bond acceptors (Lipinski definition) is 2. The first-order chi connectivity index (χ1) is 9.83. The summed E-state index contributed by atoms with van der Waals surface area (Å²) in [6, 6.07) is 19.9. The first kappa shape index (κ1) is 14.8. The van der Waals surface area contributed by atoms with Gasteiger partial charge in [0.15, 0.2) is 0 Å². The van der Waals surface area contributed by atoms with Gasteiger partial charge < -0.3 is 10.4 Å². The van der Waals surface area contributed by atoms with E-state index in [-0.39, 0.29) is 6.04 Å². The molecule has 0 fully saturated rings. The Bertz CT molecular complexity index is 483.